The molecule has 18 heavy (non-hydrogen) atoms. The molecule has 6 nitrogen and oxygen atoms in total. The van der Waals surface area contributed by atoms with Gasteiger partial charge in [0.1, 0.15) is 0 Å². The van der Waals surface area contributed by atoms with E-state index in [9.17, 15) is 9.59 Å². The molecule has 96 valence electrons. The first-order valence-electron chi connectivity index (χ1n) is 5.66. The summed E-state index contributed by atoms with van der Waals surface area (Å²) in [6, 6.07) is 4.85. The molecule has 1 unspecified atom stereocenters. The number of anilines is 2. The van der Waals surface area contributed by atoms with E-state index in [1.165, 1.54) is 6.07 Å². The molecule has 2 rings (SSSR count). The van der Waals surface area contributed by atoms with Gasteiger partial charge in [-0.15, -0.1) is 0 Å². The predicted octanol–water partition coefficient (Wildman–Crippen LogP) is 0.279. The zero-order valence-electron chi connectivity index (χ0n) is 9.80. The predicted molar refractivity (Wildman–Crippen MR) is 67.3 cm³/mol. The van der Waals surface area contributed by atoms with Crippen LogP contribution in [0, 0.1) is 5.92 Å². The van der Waals surface area contributed by atoms with Crippen molar-refractivity contribution in [3.8, 4) is 0 Å². The molecular weight excluding hydrogens is 234 g/mol. The van der Waals surface area contributed by atoms with Crippen molar-refractivity contribution in [3.63, 3.8) is 0 Å². The van der Waals surface area contributed by atoms with Gasteiger partial charge < -0.3 is 21.5 Å². The zero-order valence-corrected chi connectivity index (χ0v) is 9.80. The van der Waals surface area contributed by atoms with Gasteiger partial charge in [-0.25, -0.2) is 4.79 Å². The monoisotopic (exact) mass is 249 g/mol. The largest absolute Gasteiger partial charge is 0.478 e. The van der Waals surface area contributed by atoms with Crippen molar-refractivity contribution >= 4 is 23.3 Å². The number of primary amides is 1. The van der Waals surface area contributed by atoms with Gasteiger partial charge >= 0.3 is 5.97 Å². The molecule has 1 aliphatic rings. The molecule has 0 radical (unpaired) electrons. The van der Waals surface area contributed by atoms with E-state index in [4.69, 9.17) is 16.6 Å². The van der Waals surface area contributed by atoms with Crippen LogP contribution in [0.4, 0.5) is 11.4 Å². The molecular formula is C12H15N3O3. The number of aromatic carboxylic acids is 1. The van der Waals surface area contributed by atoms with Gasteiger partial charge in [0, 0.05) is 24.5 Å². The van der Waals surface area contributed by atoms with E-state index in [1.54, 1.807) is 12.1 Å². The Labute approximate surface area is 104 Å². The standard InChI is InChI=1S/C12H15N3O3/c13-10-2-1-8(5-9(10)12(17)18)15-4-3-7(6-15)11(14)16/h1-2,5,7H,3-4,6,13H2,(H2,14,16)(H,17,18). The number of amides is 1. The molecule has 1 aliphatic heterocycles. The zero-order chi connectivity index (χ0) is 13.3. The molecule has 0 spiro atoms. The average molecular weight is 249 g/mol. The maximum Gasteiger partial charge on any atom is 0.337 e. The molecule has 1 fully saturated rings. The molecule has 0 bridgehead atoms. The van der Waals surface area contributed by atoms with E-state index in [2.05, 4.69) is 0 Å². The Morgan fingerprint density at radius 2 is 2.11 bits per heavy atom. The van der Waals surface area contributed by atoms with Crippen molar-refractivity contribution in [2.24, 2.45) is 11.7 Å². The van der Waals surface area contributed by atoms with Crippen LogP contribution >= 0.6 is 0 Å². The second kappa shape index (κ2) is 4.56. The van der Waals surface area contributed by atoms with Crippen molar-refractivity contribution in [3.05, 3.63) is 23.8 Å². The number of benzene rings is 1. The number of hydrogen-bond donors (Lipinski definition) is 3. The number of nitrogens with two attached hydrogens (primary N) is 2. The molecule has 0 aromatic heterocycles. The number of carboxylic acid groups (broad SMARTS) is 1. The lowest BCUT2D eigenvalue weighted by Crippen LogP contribution is -2.27. The second-order valence-corrected chi connectivity index (χ2v) is 4.41. The molecule has 1 heterocycles. The number of nitrogen functional groups attached to an aromatic ring is 1. The summed E-state index contributed by atoms with van der Waals surface area (Å²) in [4.78, 5) is 24.0. The van der Waals surface area contributed by atoms with Crippen LogP contribution in [-0.2, 0) is 4.79 Å². The summed E-state index contributed by atoms with van der Waals surface area (Å²) in [5.74, 6) is -1.54. The highest BCUT2D eigenvalue weighted by molar-refractivity contribution is 5.95. The molecule has 1 aromatic carbocycles. The maximum atomic E-state index is 11.1. The summed E-state index contributed by atoms with van der Waals surface area (Å²) in [6.07, 6.45) is 0.697. The van der Waals surface area contributed by atoms with E-state index in [1.807, 2.05) is 4.90 Å². The summed E-state index contributed by atoms with van der Waals surface area (Å²) >= 11 is 0. The first-order valence-corrected chi connectivity index (χ1v) is 5.66. The fourth-order valence-corrected chi connectivity index (χ4v) is 2.15. The highest BCUT2D eigenvalue weighted by Crippen LogP contribution is 2.26. The summed E-state index contributed by atoms with van der Waals surface area (Å²) in [6.45, 7) is 1.22. The van der Waals surface area contributed by atoms with E-state index in [-0.39, 0.29) is 23.1 Å². The lowest BCUT2D eigenvalue weighted by molar-refractivity contribution is -0.121. The van der Waals surface area contributed by atoms with E-state index < -0.39 is 5.97 Å². The van der Waals surface area contributed by atoms with Gasteiger partial charge in [0.25, 0.3) is 0 Å². The van der Waals surface area contributed by atoms with Gasteiger partial charge in [0.05, 0.1) is 11.5 Å². The summed E-state index contributed by atoms with van der Waals surface area (Å²) in [5.41, 5.74) is 11.9. The minimum absolute atomic E-state index is 0.0787. The van der Waals surface area contributed by atoms with Crippen LogP contribution in [0.1, 0.15) is 16.8 Å². The normalized spacial score (nSPS) is 18.9. The lowest BCUT2D eigenvalue weighted by Gasteiger charge is -2.19. The van der Waals surface area contributed by atoms with Gasteiger partial charge in [0.15, 0.2) is 0 Å². The highest BCUT2D eigenvalue weighted by atomic mass is 16.4. The SMILES string of the molecule is NC(=O)C1CCN(c2ccc(N)c(C(=O)O)c2)C1. The third-order valence-corrected chi connectivity index (χ3v) is 3.22. The Kier molecular flexibility index (Phi) is 3.10. The fourth-order valence-electron chi connectivity index (χ4n) is 2.15. The summed E-state index contributed by atoms with van der Waals surface area (Å²) in [7, 11) is 0. The Balaban J connectivity index is 2.22. The Bertz CT molecular complexity index is 501. The van der Waals surface area contributed by atoms with Crippen LogP contribution < -0.4 is 16.4 Å². The van der Waals surface area contributed by atoms with Crippen molar-refractivity contribution in [1.82, 2.24) is 0 Å². The first-order chi connectivity index (χ1) is 8.49. The van der Waals surface area contributed by atoms with Gasteiger partial charge in [-0.1, -0.05) is 0 Å². The Hall–Kier alpha value is -2.24. The van der Waals surface area contributed by atoms with E-state index >= 15 is 0 Å². The molecule has 1 aromatic rings. The molecule has 1 amide bonds. The highest BCUT2D eigenvalue weighted by Gasteiger charge is 2.27. The number of rotatable bonds is 3. The minimum atomic E-state index is -1.06. The van der Waals surface area contributed by atoms with Crippen molar-refractivity contribution in [2.45, 2.75) is 6.42 Å². The van der Waals surface area contributed by atoms with Crippen LogP contribution in [-0.4, -0.2) is 30.1 Å². The van der Waals surface area contributed by atoms with Crippen LogP contribution in [0.3, 0.4) is 0 Å². The maximum absolute atomic E-state index is 11.1. The lowest BCUT2D eigenvalue weighted by atomic mass is 10.1. The molecule has 6 heteroatoms. The van der Waals surface area contributed by atoms with Crippen molar-refractivity contribution in [2.75, 3.05) is 23.7 Å². The molecule has 1 saturated heterocycles. The summed E-state index contributed by atoms with van der Waals surface area (Å²) in [5, 5.41) is 9.00. The van der Waals surface area contributed by atoms with Gasteiger partial charge in [-0.3, -0.25) is 4.79 Å². The third kappa shape index (κ3) is 2.22. The number of carbonyl (C=O) groups is 2. The minimum Gasteiger partial charge on any atom is -0.478 e. The second-order valence-electron chi connectivity index (χ2n) is 4.41. The van der Waals surface area contributed by atoms with Gasteiger partial charge in [-0.05, 0) is 24.6 Å². The number of nitrogens with zero attached hydrogens (tertiary/aromatic N) is 1. The van der Waals surface area contributed by atoms with Crippen LogP contribution in [0.15, 0.2) is 18.2 Å². The topological polar surface area (TPSA) is 110 Å². The number of hydrogen-bond acceptors (Lipinski definition) is 4. The molecule has 1 atom stereocenters. The Morgan fingerprint density at radius 1 is 1.39 bits per heavy atom. The van der Waals surface area contributed by atoms with Crippen LogP contribution in [0.5, 0.6) is 0 Å². The van der Waals surface area contributed by atoms with Crippen LogP contribution in [0.25, 0.3) is 0 Å². The van der Waals surface area contributed by atoms with Gasteiger partial charge in [0.2, 0.25) is 5.91 Å². The first kappa shape index (κ1) is 12.2. The van der Waals surface area contributed by atoms with Crippen molar-refractivity contribution in [1.29, 1.82) is 0 Å². The third-order valence-electron chi connectivity index (χ3n) is 3.22. The number of carbonyl (C=O) groups excluding carboxylic acids is 1. The van der Waals surface area contributed by atoms with Crippen molar-refractivity contribution < 1.29 is 14.7 Å². The smallest absolute Gasteiger partial charge is 0.337 e. The average Bonchev–Trinajstić information content (AvgIpc) is 2.78. The fraction of sp³-hybridized carbons (Fsp3) is 0.333. The molecule has 0 aliphatic carbocycles. The Morgan fingerprint density at radius 3 is 2.67 bits per heavy atom. The van der Waals surface area contributed by atoms with Crippen LogP contribution in [0.2, 0.25) is 0 Å². The number of carboxylic acids is 1. The summed E-state index contributed by atoms with van der Waals surface area (Å²) < 4.78 is 0. The van der Waals surface area contributed by atoms with E-state index in [0.29, 0.717) is 19.5 Å². The quantitative estimate of drug-likeness (QED) is 0.666. The molecule has 0 saturated carbocycles. The molecule has 5 N–H and O–H groups in total. The van der Waals surface area contributed by atoms with E-state index in [0.717, 1.165) is 5.69 Å². The van der Waals surface area contributed by atoms with Gasteiger partial charge in [-0.2, -0.15) is 0 Å².